The molecule has 2 rings (SSSR count). The maximum absolute atomic E-state index is 6.29. The zero-order valence-electron chi connectivity index (χ0n) is 10.9. The summed E-state index contributed by atoms with van der Waals surface area (Å²) < 4.78 is 0. The van der Waals surface area contributed by atoms with Gasteiger partial charge in [0, 0.05) is 15.6 Å². The topological polar surface area (TPSA) is 26.0 Å². The smallest absolute Gasteiger partial charge is 0.0484 e. The molecule has 0 bridgehead atoms. The van der Waals surface area contributed by atoms with Gasteiger partial charge in [0.05, 0.1) is 0 Å². The van der Waals surface area contributed by atoms with Gasteiger partial charge in [-0.25, -0.2) is 0 Å². The van der Waals surface area contributed by atoms with E-state index in [4.69, 9.17) is 28.9 Å². The van der Waals surface area contributed by atoms with Crippen molar-refractivity contribution in [1.29, 1.82) is 0 Å². The fourth-order valence-electron chi connectivity index (χ4n) is 2.12. The van der Waals surface area contributed by atoms with Crippen molar-refractivity contribution in [3.8, 4) is 11.1 Å². The minimum absolute atomic E-state index is 0.438. The van der Waals surface area contributed by atoms with E-state index in [9.17, 15) is 0 Å². The van der Waals surface area contributed by atoms with Crippen molar-refractivity contribution in [3.63, 3.8) is 0 Å². The molecule has 0 aliphatic rings. The van der Waals surface area contributed by atoms with Crippen LogP contribution in [0.2, 0.25) is 10.0 Å². The lowest BCUT2D eigenvalue weighted by Gasteiger charge is -2.13. The zero-order valence-corrected chi connectivity index (χ0v) is 12.4. The van der Waals surface area contributed by atoms with Gasteiger partial charge in [0.1, 0.15) is 0 Å². The Morgan fingerprint density at radius 2 is 1.74 bits per heavy atom. The van der Waals surface area contributed by atoms with Gasteiger partial charge in [-0.2, -0.15) is 0 Å². The SMILES string of the molecule is CC(CCN)c1ccc(Cl)c(-c2ccc(Cl)cc2)c1. The third kappa shape index (κ3) is 3.50. The first-order chi connectivity index (χ1) is 9.11. The number of halogens is 2. The Bertz CT molecular complexity index is 549. The van der Waals surface area contributed by atoms with Crippen LogP contribution in [0.1, 0.15) is 24.8 Å². The highest BCUT2D eigenvalue weighted by Crippen LogP contribution is 2.32. The first-order valence-corrected chi connectivity index (χ1v) is 7.13. The molecule has 0 aliphatic heterocycles. The van der Waals surface area contributed by atoms with E-state index in [0.29, 0.717) is 12.5 Å². The van der Waals surface area contributed by atoms with Gasteiger partial charge in [-0.1, -0.05) is 48.3 Å². The average molecular weight is 294 g/mol. The number of nitrogens with two attached hydrogens (primary N) is 1. The van der Waals surface area contributed by atoms with Crippen LogP contribution in [0, 0.1) is 0 Å². The normalized spacial score (nSPS) is 12.4. The number of hydrogen-bond donors (Lipinski definition) is 1. The van der Waals surface area contributed by atoms with E-state index in [1.54, 1.807) is 0 Å². The molecule has 0 spiro atoms. The molecular weight excluding hydrogens is 277 g/mol. The van der Waals surface area contributed by atoms with E-state index in [0.717, 1.165) is 27.6 Å². The molecule has 0 amide bonds. The van der Waals surface area contributed by atoms with E-state index in [1.165, 1.54) is 5.56 Å². The second-order valence-electron chi connectivity index (χ2n) is 4.72. The van der Waals surface area contributed by atoms with Crippen molar-refractivity contribution in [2.75, 3.05) is 6.54 Å². The lowest BCUT2D eigenvalue weighted by atomic mass is 9.94. The Kier molecular flexibility index (Phi) is 4.87. The molecule has 0 heterocycles. The van der Waals surface area contributed by atoms with Crippen molar-refractivity contribution >= 4 is 23.2 Å². The van der Waals surface area contributed by atoms with Crippen LogP contribution < -0.4 is 5.73 Å². The third-order valence-electron chi connectivity index (χ3n) is 3.31. The molecule has 2 aromatic rings. The highest BCUT2D eigenvalue weighted by molar-refractivity contribution is 6.33. The molecule has 0 fully saturated rings. The highest BCUT2D eigenvalue weighted by Gasteiger charge is 2.09. The lowest BCUT2D eigenvalue weighted by molar-refractivity contribution is 0.690. The van der Waals surface area contributed by atoms with Gasteiger partial charge >= 0.3 is 0 Å². The van der Waals surface area contributed by atoms with Gasteiger partial charge in [0.15, 0.2) is 0 Å². The van der Waals surface area contributed by atoms with Crippen LogP contribution in [0.5, 0.6) is 0 Å². The lowest BCUT2D eigenvalue weighted by Crippen LogP contribution is -2.04. The van der Waals surface area contributed by atoms with Crippen molar-refractivity contribution in [1.82, 2.24) is 0 Å². The van der Waals surface area contributed by atoms with Crippen LogP contribution in [-0.2, 0) is 0 Å². The second kappa shape index (κ2) is 6.42. The third-order valence-corrected chi connectivity index (χ3v) is 3.90. The van der Waals surface area contributed by atoms with Gasteiger partial charge in [-0.15, -0.1) is 0 Å². The first-order valence-electron chi connectivity index (χ1n) is 6.37. The summed E-state index contributed by atoms with van der Waals surface area (Å²) >= 11 is 12.2. The summed E-state index contributed by atoms with van der Waals surface area (Å²) in [4.78, 5) is 0. The largest absolute Gasteiger partial charge is 0.330 e. The van der Waals surface area contributed by atoms with Crippen LogP contribution in [-0.4, -0.2) is 6.54 Å². The molecule has 3 heteroatoms. The highest BCUT2D eigenvalue weighted by atomic mass is 35.5. The Hall–Kier alpha value is -1.02. The maximum Gasteiger partial charge on any atom is 0.0484 e. The fourth-order valence-corrected chi connectivity index (χ4v) is 2.47. The number of hydrogen-bond acceptors (Lipinski definition) is 1. The minimum atomic E-state index is 0.438. The molecular formula is C16H17Cl2N. The van der Waals surface area contributed by atoms with E-state index >= 15 is 0 Å². The molecule has 0 radical (unpaired) electrons. The standard InChI is InChI=1S/C16H17Cl2N/c1-11(8-9-19)13-4-7-16(18)15(10-13)12-2-5-14(17)6-3-12/h2-7,10-11H,8-9,19H2,1H3. The summed E-state index contributed by atoms with van der Waals surface area (Å²) in [6.45, 7) is 2.88. The van der Waals surface area contributed by atoms with Crippen molar-refractivity contribution in [3.05, 3.63) is 58.1 Å². The molecule has 1 nitrogen and oxygen atoms in total. The van der Waals surface area contributed by atoms with Crippen LogP contribution >= 0.6 is 23.2 Å². The molecule has 19 heavy (non-hydrogen) atoms. The summed E-state index contributed by atoms with van der Waals surface area (Å²) in [7, 11) is 0. The Morgan fingerprint density at radius 1 is 1.05 bits per heavy atom. The van der Waals surface area contributed by atoms with Crippen LogP contribution in [0.25, 0.3) is 11.1 Å². The quantitative estimate of drug-likeness (QED) is 0.832. The molecule has 0 saturated carbocycles. The first kappa shape index (κ1) is 14.4. The molecule has 0 aromatic heterocycles. The molecule has 0 saturated heterocycles. The Morgan fingerprint density at radius 3 is 2.37 bits per heavy atom. The summed E-state index contributed by atoms with van der Waals surface area (Å²) in [6, 6.07) is 13.9. The zero-order chi connectivity index (χ0) is 13.8. The van der Waals surface area contributed by atoms with Gasteiger partial charge < -0.3 is 5.73 Å². The minimum Gasteiger partial charge on any atom is -0.330 e. The molecule has 100 valence electrons. The fraction of sp³-hybridized carbons (Fsp3) is 0.250. The van der Waals surface area contributed by atoms with Crippen molar-refractivity contribution in [2.45, 2.75) is 19.3 Å². The van der Waals surface area contributed by atoms with E-state index in [2.05, 4.69) is 19.1 Å². The monoisotopic (exact) mass is 293 g/mol. The number of rotatable bonds is 4. The molecule has 1 atom stereocenters. The van der Waals surface area contributed by atoms with Gasteiger partial charge in [-0.05, 0) is 54.3 Å². The van der Waals surface area contributed by atoms with Crippen molar-refractivity contribution in [2.24, 2.45) is 5.73 Å². The molecule has 1 unspecified atom stereocenters. The molecule has 0 aliphatic carbocycles. The summed E-state index contributed by atoms with van der Waals surface area (Å²) in [5, 5.41) is 1.48. The summed E-state index contributed by atoms with van der Waals surface area (Å²) in [5.41, 5.74) is 9.01. The predicted octanol–water partition coefficient (Wildman–Crippen LogP) is 5.11. The summed E-state index contributed by atoms with van der Waals surface area (Å²) in [5.74, 6) is 0.438. The van der Waals surface area contributed by atoms with Crippen LogP contribution in [0.4, 0.5) is 0 Å². The predicted molar refractivity (Wildman–Crippen MR) is 84.0 cm³/mol. The van der Waals surface area contributed by atoms with E-state index in [1.807, 2.05) is 30.3 Å². The van der Waals surface area contributed by atoms with E-state index < -0.39 is 0 Å². The Labute approximate surface area is 124 Å². The van der Waals surface area contributed by atoms with Gasteiger partial charge in [0.25, 0.3) is 0 Å². The van der Waals surface area contributed by atoms with E-state index in [-0.39, 0.29) is 0 Å². The molecule has 2 N–H and O–H groups in total. The number of benzene rings is 2. The maximum atomic E-state index is 6.29. The second-order valence-corrected chi connectivity index (χ2v) is 5.57. The van der Waals surface area contributed by atoms with Crippen LogP contribution in [0.15, 0.2) is 42.5 Å². The van der Waals surface area contributed by atoms with Crippen molar-refractivity contribution < 1.29 is 0 Å². The average Bonchev–Trinajstić information content (AvgIpc) is 2.41. The van der Waals surface area contributed by atoms with Crippen LogP contribution in [0.3, 0.4) is 0 Å². The van der Waals surface area contributed by atoms with Gasteiger partial charge in [0.2, 0.25) is 0 Å². The Balaban J connectivity index is 2.39. The van der Waals surface area contributed by atoms with Gasteiger partial charge in [-0.3, -0.25) is 0 Å². The summed E-state index contributed by atoms with van der Waals surface area (Å²) in [6.07, 6.45) is 0.974. The molecule has 2 aromatic carbocycles.